The monoisotopic (exact) mass is 344 g/mol. The van der Waals surface area contributed by atoms with E-state index in [1.807, 2.05) is 58.0 Å². The molecule has 2 rings (SSSR count). The van der Waals surface area contributed by atoms with Crippen LogP contribution >= 0.6 is 0 Å². The molecule has 2 aromatic rings. The summed E-state index contributed by atoms with van der Waals surface area (Å²) in [7, 11) is 5.63. The van der Waals surface area contributed by atoms with Crippen LogP contribution in [0.1, 0.15) is 32.2 Å². The topological polar surface area (TPSA) is 67.6 Å². The molecule has 0 fully saturated rings. The van der Waals surface area contributed by atoms with E-state index in [1.165, 1.54) is 0 Å². The Kier molecular flexibility index (Phi) is 6.01. The van der Waals surface area contributed by atoms with Gasteiger partial charge in [0.25, 0.3) is 0 Å². The molecule has 0 spiro atoms. The molecule has 0 saturated heterocycles. The Labute approximate surface area is 149 Å². The molecule has 0 saturated carbocycles. The first-order chi connectivity index (χ1) is 11.8. The molecule has 1 N–H and O–H groups in total. The maximum atomic E-state index is 6.05. The number of rotatable bonds is 5. The first kappa shape index (κ1) is 18.8. The maximum absolute atomic E-state index is 6.05. The standard InChI is InChI=1S/C18H28N6O/c1-18(2,3)25-15-10-8-7-9-14(15)11-20-17(19-4)23(5)12-16-21-13-22-24(16)6/h7-10,13H,11-12H2,1-6H3,(H,19,20). The van der Waals surface area contributed by atoms with Crippen molar-refractivity contribution in [3.63, 3.8) is 0 Å². The molecule has 0 bridgehead atoms. The zero-order valence-electron chi connectivity index (χ0n) is 15.9. The summed E-state index contributed by atoms with van der Waals surface area (Å²) in [5, 5.41) is 7.48. The lowest BCUT2D eigenvalue weighted by Gasteiger charge is -2.25. The fraction of sp³-hybridized carbons (Fsp3) is 0.500. The quantitative estimate of drug-likeness (QED) is 0.665. The number of aliphatic imine (C=N–C) groups is 1. The first-order valence-corrected chi connectivity index (χ1v) is 8.31. The molecular weight excluding hydrogens is 316 g/mol. The van der Waals surface area contributed by atoms with Gasteiger partial charge < -0.3 is 15.0 Å². The van der Waals surface area contributed by atoms with E-state index in [4.69, 9.17) is 4.74 Å². The van der Waals surface area contributed by atoms with Crippen molar-refractivity contribution in [1.29, 1.82) is 0 Å². The largest absolute Gasteiger partial charge is 0.488 e. The van der Waals surface area contributed by atoms with Gasteiger partial charge in [-0.3, -0.25) is 9.67 Å². The molecule has 0 radical (unpaired) electrons. The molecule has 1 aromatic carbocycles. The third-order valence-corrected chi connectivity index (χ3v) is 3.58. The maximum Gasteiger partial charge on any atom is 0.194 e. The minimum absolute atomic E-state index is 0.236. The van der Waals surface area contributed by atoms with Crippen molar-refractivity contribution in [3.8, 4) is 5.75 Å². The van der Waals surface area contributed by atoms with Crippen LogP contribution in [0, 0.1) is 0 Å². The van der Waals surface area contributed by atoms with Gasteiger partial charge in [0.1, 0.15) is 23.5 Å². The minimum Gasteiger partial charge on any atom is -0.488 e. The Morgan fingerprint density at radius 1 is 1.32 bits per heavy atom. The Balaban J connectivity index is 2.03. The van der Waals surface area contributed by atoms with Gasteiger partial charge in [0, 0.05) is 33.3 Å². The van der Waals surface area contributed by atoms with E-state index in [2.05, 4.69) is 26.5 Å². The van der Waals surface area contributed by atoms with Gasteiger partial charge in [-0.15, -0.1) is 0 Å². The molecule has 0 aliphatic carbocycles. The number of aryl methyl sites for hydroxylation is 1. The van der Waals surface area contributed by atoms with Crippen LogP contribution < -0.4 is 10.1 Å². The van der Waals surface area contributed by atoms with Gasteiger partial charge in [0.2, 0.25) is 0 Å². The average Bonchev–Trinajstić information content (AvgIpc) is 2.93. The van der Waals surface area contributed by atoms with Crippen LogP contribution in [0.3, 0.4) is 0 Å². The molecule has 136 valence electrons. The second-order valence-electron chi connectivity index (χ2n) is 6.88. The molecule has 25 heavy (non-hydrogen) atoms. The molecule has 0 aliphatic rings. The molecule has 0 amide bonds. The normalized spacial score (nSPS) is 12.2. The third-order valence-electron chi connectivity index (χ3n) is 3.58. The fourth-order valence-corrected chi connectivity index (χ4v) is 2.39. The van der Waals surface area contributed by atoms with Crippen molar-refractivity contribution < 1.29 is 4.74 Å². The van der Waals surface area contributed by atoms with Crippen LogP contribution in [0.15, 0.2) is 35.6 Å². The summed E-state index contributed by atoms with van der Waals surface area (Å²) < 4.78 is 7.81. The van der Waals surface area contributed by atoms with Crippen molar-refractivity contribution in [2.45, 2.75) is 39.5 Å². The number of para-hydroxylation sites is 1. The van der Waals surface area contributed by atoms with Gasteiger partial charge in [-0.25, -0.2) is 4.98 Å². The summed E-state index contributed by atoms with van der Waals surface area (Å²) >= 11 is 0. The molecule has 7 heteroatoms. The van der Waals surface area contributed by atoms with Crippen LogP contribution in [0.4, 0.5) is 0 Å². The van der Waals surface area contributed by atoms with Crippen LogP contribution in [0.5, 0.6) is 5.75 Å². The summed E-state index contributed by atoms with van der Waals surface area (Å²) in [4.78, 5) is 10.6. The molecule has 0 unspecified atom stereocenters. The van der Waals surface area contributed by atoms with Crippen LogP contribution in [0.25, 0.3) is 0 Å². The third kappa shape index (κ3) is 5.48. The van der Waals surface area contributed by atoms with Crippen molar-refractivity contribution in [2.75, 3.05) is 14.1 Å². The number of hydrogen-bond donors (Lipinski definition) is 1. The highest BCUT2D eigenvalue weighted by Crippen LogP contribution is 2.22. The van der Waals surface area contributed by atoms with Crippen molar-refractivity contribution >= 4 is 5.96 Å². The summed E-state index contributed by atoms with van der Waals surface area (Å²) in [6.07, 6.45) is 1.56. The predicted molar refractivity (Wildman–Crippen MR) is 99.5 cm³/mol. The van der Waals surface area contributed by atoms with Gasteiger partial charge in [-0.1, -0.05) is 18.2 Å². The molecular formula is C18H28N6O. The Bertz CT molecular complexity index is 716. The summed E-state index contributed by atoms with van der Waals surface area (Å²) in [5.74, 6) is 2.55. The van der Waals surface area contributed by atoms with E-state index < -0.39 is 0 Å². The van der Waals surface area contributed by atoms with Gasteiger partial charge in [-0.2, -0.15) is 5.10 Å². The second-order valence-corrected chi connectivity index (χ2v) is 6.88. The van der Waals surface area contributed by atoms with Crippen molar-refractivity contribution in [3.05, 3.63) is 42.0 Å². The Hall–Kier alpha value is -2.57. The van der Waals surface area contributed by atoms with E-state index in [0.717, 1.165) is 23.1 Å². The predicted octanol–water partition coefficient (Wildman–Crippen LogP) is 2.20. The highest BCUT2D eigenvalue weighted by Gasteiger charge is 2.15. The van der Waals surface area contributed by atoms with E-state index >= 15 is 0 Å². The average molecular weight is 344 g/mol. The SMILES string of the molecule is CN=C(NCc1ccccc1OC(C)(C)C)N(C)Cc1ncnn1C. The number of ether oxygens (including phenoxy) is 1. The van der Waals surface area contributed by atoms with E-state index in [0.29, 0.717) is 13.1 Å². The number of aromatic nitrogens is 3. The zero-order valence-corrected chi connectivity index (χ0v) is 15.9. The van der Waals surface area contributed by atoms with E-state index in [-0.39, 0.29) is 5.60 Å². The van der Waals surface area contributed by atoms with Gasteiger partial charge in [-0.05, 0) is 26.8 Å². The summed E-state index contributed by atoms with van der Waals surface area (Å²) in [6, 6.07) is 8.05. The highest BCUT2D eigenvalue weighted by atomic mass is 16.5. The minimum atomic E-state index is -0.236. The second kappa shape index (κ2) is 8.00. The molecule has 1 heterocycles. The highest BCUT2D eigenvalue weighted by molar-refractivity contribution is 5.79. The van der Waals surface area contributed by atoms with Crippen LogP contribution in [-0.2, 0) is 20.1 Å². The number of hydrogen-bond acceptors (Lipinski definition) is 4. The number of guanidine groups is 1. The smallest absolute Gasteiger partial charge is 0.194 e. The summed E-state index contributed by atoms with van der Waals surface area (Å²) in [5.41, 5.74) is 0.852. The van der Waals surface area contributed by atoms with Crippen molar-refractivity contribution in [1.82, 2.24) is 25.0 Å². The Morgan fingerprint density at radius 2 is 2.04 bits per heavy atom. The van der Waals surface area contributed by atoms with Crippen molar-refractivity contribution in [2.24, 2.45) is 12.0 Å². The van der Waals surface area contributed by atoms with E-state index in [1.54, 1.807) is 18.1 Å². The first-order valence-electron chi connectivity index (χ1n) is 8.31. The zero-order chi connectivity index (χ0) is 18.4. The van der Waals surface area contributed by atoms with Gasteiger partial charge >= 0.3 is 0 Å². The number of nitrogens with one attached hydrogen (secondary N) is 1. The van der Waals surface area contributed by atoms with Gasteiger partial charge in [0.15, 0.2) is 5.96 Å². The number of benzene rings is 1. The molecule has 0 aliphatic heterocycles. The fourth-order valence-electron chi connectivity index (χ4n) is 2.39. The molecule has 0 atom stereocenters. The Morgan fingerprint density at radius 3 is 2.64 bits per heavy atom. The van der Waals surface area contributed by atoms with Gasteiger partial charge in [0.05, 0.1) is 6.54 Å². The molecule has 1 aromatic heterocycles. The lowest BCUT2D eigenvalue weighted by atomic mass is 10.1. The van der Waals surface area contributed by atoms with Crippen LogP contribution in [0.2, 0.25) is 0 Å². The summed E-state index contributed by atoms with van der Waals surface area (Å²) in [6.45, 7) is 7.39. The molecule has 7 nitrogen and oxygen atoms in total. The van der Waals surface area contributed by atoms with Crippen LogP contribution in [-0.4, -0.2) is 45.3 Å². The lowest BCUT2D eigenvalue weighted by molar-refractivity contribution is 0.129. The van der Waals surface area contributed by atoms with E-state index in [9.17, 15) is 0 Å². The lowest BCUT2D eigenvalue weighted by Crippen LogP contribution is -2.38. The number of nitrogens with zero attached hydrogens (tertiary/aromatic N) is 5.